The number of aromatic hydroxyl groups is 1. The van der Waals surface area contributed by atoms with Crippen molar-refractivity contribution in [3.63, 3.8) is 0 Å². The molecule has 1 aliphatic rings. The molecule has 0 saturated carbocycles. The molecule has 0 bridgehead atoms. The number of carbonyl (C=O) groups is 2. The van der Waals surface area contributed by atoms with Gasteiger partial charge in [0.25, 0.3) is 5.91 Å². The van der Waals surface area contributed by atoms with E-state index >= 15 is 0 Å². The fourth-order valence-corrected chi connectivity index (χ4v) is 2.15. The Bertz CT molecular complexity index is 530. The second kappa shape index (κ2) is 5.81. The standard InChI is InChI=1S/C14H18N2O4/c1-15-6-3-7-16(9-13(15)18)14(19)11-5-4-10(20-2)8-12(11)17/h4-5,8,17H,3,6-7,9H2,1-2H3. The second-order valence-electron chi connectivity index (χ2n) is 4.78. The van der Waals surface area contributed by atoms with E-state index in [1.54, 1.807) is 18.0 Å². The van der Waals surface area contributed by atoms with Gasteiger partial charge in [0.15, 0.2) is 0 Å². The maximum Gasteiger partial charge on any atom is 0.258 e. The first-order valence-electron chi connectivity index (χ1n) is 6.43. The zero-order valence-electron chi connectivity index (χ0n) is 11.6. The highest BCUT2D eigenvalue weighted by Crippen LogP contribution is 2.25. The summed E-state index contributed by atoms with van der Waals surface area (Å²) >= 11 is 0. The number of phenols is 1. The van der Waals surface area contributed by atoms with E-state index in [0.717, 1.165) is 6.42 Å². The summed E-state index contributed by atoms with van der Waals surface area (Å²) in [5, 5.41) is 9.89. The number of hydrogen-bond donors (Lipinski definition) is 1. The van der Waals surface area contributed by atoms with Crippen molar-refractivity contribution < 1.29 is 19.4 Å². The molecule has 1 N–H and O–H groups in total. The van der Waals surface area contributed by atoms with Crippen LogP contribution in [0, 0.1) is 0 Å². The lowest BCUT2D eigenvalue weighted by atomic mass is 10.1. The van der Waals surface area contributed by atoms with Crippen molar-refractivity contribution in [1.82, 2.24) is 9.80 Å². The maximum atomic E-state index is 12.4. The topological polar surface area (TPSA) is 70.1 Å². The minimum absolute atomic E-state index is 0.0425. The van der Waals surface area contributed by atoms with Crippen LogP contribution in [0.15, 0.2) is 18.2 Å². The van der Waals surface area contributed by atoms with E-state index in [2.05, 4.69) is 0 Å². The average Bonchev–Trinajstić information content (AvgIpc) is 2.60. The van der Waals surface area contributed by atoms with E-state index in [9.17, 15) is 14.7 Å². The Morgan fingerprint density at radius 1 is 1.35 bits per heavy atom. The molecule has 0 aromatic heterocycles. The number of hydrogen-bond acceptors (Lipinski definition) is 4. The summed E-state index contributed by atoms with van der Waals surface area (Å²) in [6.07, 6.45) is 0.727. The van der Waals surface area contributed by atoms with E-state index in [1.165, 1.54) is 24.1 Å². The molecule has 1 aromatic rings. The molecule has 1 aliphatic heterocycles. The van der Waals surface area contributed by atoms with Gasteiger partial charge in [0, 0.05) is 26.2 Å². The van der Waals surface area contributed by atoms with Gasteiger partial charge in [0.05, 0.1) is 12.7 Å². The molecule has 2 rings (SSSR count). The van der Waals surface area contributed by atoms with Gasteiger partial charge in [-0.15, -0.1) is 0 Å². The maximum absolute atomic E-state index is 12.4. The van der Waals surface area contributed by atoms with Crippen LogP contribution in [-0.2, 0) is 4.79 Å². The highest BCUT2D eigenvalue weighted by Gasteiger charge is 2.25. The lowest BCUT2D eigenvalue weighted by Crippen LogP contribution is -2.38. The average molecular weight is 278 g/mol. The van der Waals surface area contributed by atoms with Gasteiger partial charge in [-0.25, -0.2) is 0 Å². The number of nitrogens with zero attached hydrogens (tertiary/aromatic N) is 2. The monoisotopic (exact) mass is 278 g/mol. The number of likely N-dealkylation sites (N-methyl/N-ethyl adjacent to an activating group) is 1. The Morgan fingerprint density at radius 3 is 2.75 bits per heavy atom. The van der Waals surface area contributed by atoms with Crippen molar-refractivity contribution >= 4 is 11.8 Å². The van der Waals surface area contributed by atoms with Crippen molar-refractivity contribution in [2.75, 3.05) is 33.8 Å². The van der Waals surface area contributed by atoms with Crippen LogP contribution in [-0.4, -0.2) is 60.5 Å². The second-order valence-corrected chi connectivity index (χ2v) is 4.78. The van der Waals surface area contributed by atoms with Crippen molar-refractivity contribution in [1.29, 1.82) is 0 Å². The van der Waals surface area contributed by atoms with Crippen LogP contribution in [0.2, 0.25) is 0 Å². The SMILES string of the molecule is COc1ccc(C(=O)N2CCCN(C)C(=O)C2)c(O)c1. The third kappa shape index (κ3) is 2.84. The van der Waals surface area contributed by atoms with Crippen LogP contribution in [0.25, 0.3) is 0 Å². The first kappa shape index (κ1) is 14.2. The fourth-order valence-electron chi connectivity index (χ4n) is 2.15. The van der Waals surface area contributed by atoms with Gasteiger partial charge in [-0.05, 0) is 18.6 Å². The third-order valence-electron chi connectivity index (χ3n) is 3.40. The van der Waals surface area contributed by atoms with Crippen LogP contribution in [0.4, 0.5) is 0 Å². The molecule has 2 amide bonds. The van der Waals surface area contributed by atoms with E-state index < -0.39 is 0 Å². The summed E-state index contributed by atoms with van der Waals surface area (Å²) < 4.78 is 4.98. The number of benzene rings is 1. The fraction of sp³-hybridized carbons (Fsp3) is 0.429. The van der Waals surface area contributed by atoms with Crippen molar-refractivity contribution in [3.05, 3.63) is 23.8 Å². The molecule has 0 spiro atoms. The quantitative estimate of drug-likeness (QED) is 0.864. The van der Waals surface area contributed by atoms with Crippen LogP contribution in [0.1, 0.15) is 16.8 Å². The predicted molar refractivity (Wildman–Crippen MR) is 72.8 cm³/mol. The van der Waals surface area contributed by atoms with Gasteiger partial charge in [-0.2, -0.15) is 0 Å². The van der Waals surface area contributed by atoms with E-state index in [0.29, 0.717) is 18.8 Å². The van der Waals surface area contributed by atoms with Crippen molar-refractivity contribution in [3.8, 4) is 11.5 Å². The summed E-state index contributed by atoms with van der Waals surface area (Å²) in [7, 11) is 3.21. The first-order valence-corrected chi connectivity index (χ1v) is 6.43. The molecule has 1 fully saturated rings. The Labute approximate surface area is 117 Å². The number of phenolic OH excluding ortho intramolecular Hbond substituents is 1. The smallest absolute Gasteiger partial charge is 0.258 e. The number of rotatable bonds is 2. The molecule has 0 atom stereocenters. The van der Waals surface area contributed by atoms with Crippen LogP contribution < -0.4 is 4.74 Å². The molecule has 108 valence electrons. The molecular weight excluding hydrogens is 260 g/mol. The molecule has 0 unspecified atom stereocenters. The first-order chi connectivity index (χ1) is 9.52. The molecule has 1 aromatic carbocycles. The summed E-state index contributed by atoms with van der Waals surface area (Å²) in [5.74, 6) is -0.0946. The number of methoxy groups -OCH3 is 1. The molecular formula is C14H18N2O4. The Balaban J connectivity index is 2.20. The number of ether oxygens (including phenoxy) is 1. The summed E-state index contributed by atoms with van der Waals surface area (Å²) in [6, 6.07) is 4.51. The minimum Gasteiger partial charge on any atom is -0.507 e. The van der Waals surface area contributed by atoms with Crippen LogP contribution >= 0.6 is 0 Å². The molecule has 0 aliphatic carbocycles. The summed E-state index contributed by atoms with van der Waals surface area (Å²) in [6.45, 7) is 1.18. The normalized spacial score (nSPS) is 16.0. The molecule has 6 nitrogen and oxygen atoms in total. The molecule has 6 heteroatoms. The Morgan fingerprint density at radius 2 is 2.10 bits per heavy atom. The minimum atomic E-state index is -0.339. The van der Waals surface area contributed by atoms with E-state index in [-0.39, 0.29) is 29.7 Å². The molecule has 20 heavy (non-hydrogen) atoms. The van der Waals surface area contributed by atoms with Crippen LogP contribution in [0.3, 0.4) is 0 Å². The van der Waals surface area contributed by atoms with Crippen molar-refractivity contribution in [2.24, 2.45) is 0 Å². The Kier molecular flexibility index (Phi) is 4.12. The van der Waals surface area contributed by atoms with Gasteiger partial charge < -0.3 is 19.6 Å². The third-order valence-corrected chi connectivity index (χ3v) is 3.40. The highest BCUT2D eigenvalue weighted by molar-refractivity contribution is 5.99. The van der Waals surface area contributed by atoms with Gasteiger partial charge in [0.2, 0.25) is 5.91 Å². The summed E-state index contributed by atoms with van der Waals surface area (Å²) in [4.78, 5) is 27.3. The zero-order valence-corrected chi connectivity index (χ0v) is 11.6. The van der Waals surface area contributed by atoms with Gasteiger partial charge in [-0.3, -0.25) is 9.59 Å². The van der Waals surface area contributed by atoms with Crippen molar-refractivity contribution in [2.45, 2.75) is 6.42 Å². The molecule has 1 saturated heterocycles. The summed E-state index contributed by atoms with van der Waals surface area (Å²) in [5.41, 5.74) is 0.183. The van der Waals surface area contributed by atoms with Gasteiger partial charge in [0.1, 0.15) is 18.0 Å². The van der Waals surface area contributed by atoms with Gasteiger partial charge in [-0.1, -0.05) is 0 Å². The Hall–Kier alpha value is -2.24. The predicted octanol–water partition coefficient (Wildman–Crippen LogP) is 0.705. The number of amides is 2. The highest BCUT2D eigenvalue weighted by atomic mass is 16.5. The largest absolute Gasteiger partial charge is 0.507 e. The van der Waals surface area contributed by atoms with Gasteiger partial charge >= 0.3 is 0 Å². The van der Waals surface area contributed by atoms with E-state index in [1.807, 2.05) is 0 Å². The zero-order chi connectivity index (χ0) is 14.7. The van der Waals surface area contributed by atoms with E-state index in [4.69, 9.17) is 4.74 Å². The van der Waals surface area contributed by atoms with Crippen LogP contribution in [0.5, 0.6) is 11.5 Å². The molecule has 1 heterocycles. The lowest BCUT2D eigenvalue weighted by Gasteiger charge is -2.20. The molecule has 0 radical (unpaired) electrons. The number of carbonyl (C=O) groups excluding carboxylic acids is 2. The lowest BCUT2D eigenvalue weighted by molar-refractivity contribution is -0.129.